The van der Waals surface area contributed by atoms with Gasteiger partial charge in [0.25, 0.3) is 0 Å². The first kappa shape index (κ1) is 21.4. The van der Waals surface area contributed by atoms with Crippen molar-refractivity contribution in [2.45, 2.75) is 32.7 Å². The van der Waals surface area contributed by atoms with Gasteiger partial charge in [-0.15, -0.1) is 12.4 Å². The van der Waals surface area contributed by atoms with E-state index in [9.17, 15) is 4.79 Å². The number of amides is 1. The minimum atomic E-state index is 0. The van der Waals surface area contributed by atoms with E-state index in [1.165, 1.54) is 12.8 Å². The van der Waals surface area contributed by atoms with Crippen molar-refractivity contribution < 1.29 is 4.79 Å². The summed E-state index contributed by atoms with van der Waals surface area (Å²) in [5.41, 5.74) is 1.13. The molecule has 1 heterocycles. The standard InChI is InChI=1S/C18H28BrN3O.ClH/c1-3-20-12-15-8-10-22(11-9-15)13-18(23)21-14(2)16-4-6-17(19)7-5-16;/h4-7,14-15,20H,3,8-13H2,1-2H3,(H,21,23);1H. The Morgan fingerprint density at radius 3 is 2.50 bits per heavy atom. The van der Waals surface area contributed by atoms with Crippen LogP contribution in [0.4, 0.5) is 0 Å². The van der Waals surface area contributed by atoms with E-state index in [4.69, 9.17) is 0 Å². The maximum Gasteiger partial charge on any atom is 0.234 e. The number of carbonyl (C=O) groups excluding carboxylic acids is 1. The number of likely N-dealkylation sites (tertiary alicyclic amines) is 1. The molecule has 1 saturated heterocycles. The molecule has 136 valence electrons. The SMILES string of the molecule is CCNCC1CCN(CC(=O)NC(C)c2ccc(Br)cc2)CC1.Cl. The number of rotatable bonds is 7. The number of nitrogens with zero attached hydrogens (tertiary/aromatic N) is 1. The van der Waals surface area contributed by atoms with Crippen molar-refractivity contribution in [3.05, 3.63) is 34.3 Å². The highest BCUT2D eigenvalue weighted by Crippen LogP contribution is 2.18. The molecule has 1 fully saturated rings. The monoisotopic (exact) mass is 417 g/mol. The normalized spacial score (nSPS) is 17.1. The zero-order chi connectivity index (χ0) is 16.7. The second-order valence-electron chi connectivity index (χ2n) is 6.37. The Morgan fingerprint density at radius 2 is 1.92 bits per heavy atom. The molecule has 24 heavy (non-hydrogen) atoms. The van der Waals surface area contributed by atoms with Gasteiger partial charge in [-0.05, 0) is 69.6 Å². The van der Waals surface area contributed by atoms with E-state index in [1.807, 2.05) is 31.2 Å². The molecule has 1 atom stereocenters. The van der Waals surface area contributed by atoms with Gasteiger partial charge in [-0.25, -0.2) is 0 Å². The number of piperidine rings is 1. The zero-order valence-electron chi connectivity index (χ0n) is 14.6. The number of nitrogens with one attached hydrogen (secondary N) is 2. The van der Waals surface area contributed by atoms with Gasteiger partial charge in [-0.3, -0.25) is 9.69 Å². The predicted octanol–water partition coefficient (Wildman–Crippen LogP) is 3.37. The lowest BCUT2D eigenvalue weighted by atomic mass is 9.97. The van der Waals surface area contributed by atoms with Crippen LogP contribution in [0.5, 0.6) is 0 Å². The van der Waals surface area contributed by atoms with Crippen LogP contribution in [0.15, 0.2) is 28.7 Å². The Balaban J connectivity index is 0.00000288. The van der Waals surface area contributed by atoms with Gasteiger partial charge in [0, 0.05) is 4.47 Å². The van der Waals surface area contributed by atoms with Crippen molar-refractivity contribution in [2.75, 3.05) is 32.7 Å². The summed E-state index contributed by atoms with van der Waals surface area (Å²) in [6.45, 7) is 8.88. The summed E-state index contributed by atoms with van der Waals surface area (Å²) >= 11 is 3.43. The third kappa shape index (κ3) is 7.09. The second kappa shape index (κ2) is 11.1. The average Bonchev–Trinajstić information content (AvgIpc) is 2.54. The first-order valence-electron chi connectivity index (χ1n) is 8.56. The van der Waals surface area contributed by atoms with Crippen LogP contribution in [-0.2, 0) is 4.79 Å². The summed E-state index contributed by atoms with van der Waals surface area (Å²) in [5, 5.41) is 6.52. The molecular weight excluding hydrogens is 390 g/mol. The van der Waals surface area contributed by atoms with E-state index in [-0.39, 0.29) is 24.4 Å². The second-order valence-corrected chi connectivity index (χ2v) is 7.28. The van der Waals surface area contributed by atoms with Crippen molar-refractivity contribution in [1.29, 1.82) is 0 Å². The van der Waals surface area contributed by atoms with Crippen molar-refractivity contribution in [2.24, 2.45) is 5.92 Å². The zero-order valence-corrected chi connectivity index (χ0v) is 17.0. The Labute approximate surface area is 160 Å². The van der Waals surface area contributed by atoms with E-state index in [2.05, 4.69) is 38.4 Å². The number of carbonyl (C=O) groups is 1. The minimum absolute atomic E-state index is 0. The van der Waals surface area contributed by atoms with Gasteiger partial charge in [0.15, 0.2) is 0 Å². The first-order chi connectivity index (χ1) is 11.1. The number of benzene rings is 1. The quantitative estimate of drug-likeness (QED) is 0.713. The predicted molar refractivity (Wildman–Crippen MR) is 106 cm³/mol. The minimum Gasteiger partial charge on any atom is -0.348 e. The van der Waals surface area contributed by atoms with Gasteiger partial charge >= 0.3 is 0 Å². The van der Waals surface area contributed by atoms with Gasteiger partial charge in [-0.1, -0.05) is 35.0 Å². The molecule has 0 radical (unpaired) electrons. The van der Waals surface area contributed by atoms with Crippen molar-refractivity contribution >= 4 is 34.2 Å². The van der Waals surface area contributed by atoms with Gasteiger partial charge < -0.3 is 10.6 Å². The maximum absolute atomic E-state index is 12.2. The third-order valence-electron chi connectivity index (χ3n) is 4.50. The van der Waals surface area contributed by atoms with E-state index in [0.717, 1.165) is 42.1 Å². The summed E-state index contributed by atoms with van der Waals surface area (Å²) in [6.07, 6.45) is 2.37. The molecule has 1 amide bonds. The van der Waals surface area contributed by atoms with Crippen molar-refractivity contribution in [3.63, 3.8) is 0 Å². The highest BCUT2D eigenvalue weighted by molar-refractivity contribution is 9.10. The Bertz CT molecular complexity index is 490. The molecule has 2 N–H and O–H groups in total. The summed E-state index contributed by atoms with van der Waals surface area (Å²) in [6, 6.07) is 8.14. The molecule has 1 aliphatic rings. The van der Waals surface area contributed by atoms with E-state index >= 15 is 0 Å². The van der Waals surface area contributed by atoms with Crippen LogP contribution in [0.3, 0.4) is 0 Å². The lowest BCUT2D eigenvalue weighted by molar-refractivity contribution is -0.123. The molecular formula is C18H29BrClN3O. The van der Waals surface area contributed by atoms with Crippen LogP contribution < -0.4 is 10.6 Å². The van der Waals surface area contributed by atoms with Crippen molar-refractivity contribution in [1.82, 2.24) is 15.5 Å². The largest absolute Gasteiger partial charge is 0.348 e. The highest BCUT2D eigenvalue weighted by atomic mass is 79.9. The molecule has 1 unspecified atom stereocenters. The molecule has 1 aliphatic heterocycles. The highest BCUT2D eigenvalue weighted by Gasteiger charge is 2.21. The molecule has 0 spiro atoms. The fraction of sp³-hybridized carbons (Fsp3) is 0.611. The van der Waals surface area contributed by atoms with Gasteiger partial charge in [0.05, 0.1) is 12.6 Å². The molecule has 2 rings (SSSR count). The van der Waals surface area contributed by atoms with Crippen LogP contribution in [0.25, 0.3) is 0 Å². The molecule has 0 bridgehead atoms. The first-order valence-corrected chi connectivity index (χ1v) is 9.35. The summed E-state index contributed by atoms with van der Waals surface area (Å²) in [4.78, 5) is 14.5. The van der Waals surface area contributed by atoms with E-state index in [0.29, 0.717) is 6.54 Å². The lowest BCUT2D eigenvalue weighted by Crippen LogP contribution is -2.43. The Hall–Kier alpha value is -0.620. The summed E-state index contributed by atoms with van der Waals surface area (Å²) < 4.78 is 1.06. The van der Waals surface area contributed by atoms with Crippen LogP contribution >= 0.6 is 28.3 Å². The van der Waals surface area contributed by atoms with Crippen LogP contribution in [0.2, 0.25) is 0 Å². The fourth-order valence-corrected chi connectivity index (χ4v) is 3.29. The summed E-state index contributed by atoms with van der Waals surface area (Å²) in [7, 11) is 0. The van der Waals surface area contributed by atoms with Crippen molar-refractivity contribution in [3.8, 4) is 0 Å². The van der Waals surface area contributed by atoms with E-state index < -0.39 is 0 Å². The van der Waals surface area contributed by atoms with Crippen LogP contribution in [-0.4, -0.2) is 43.5 Å². The van der Waals surface area contributed by atoms with Crippen LogP contribution in [0, 0.1) is 5.92 Å². The van der Waals surface area contributed by atoms with Crippen LogP contribution in [0.1, 0.15) is 38.3 Å². The average molecular weight is 419 g/mol. The molecule has 0 saturated carbocycles. The topological polar surface area (TPSA) is 44.4 Å². The Kier molecular flexibility index (Phi) is 9.89. The third-order valence-corrected chi connectivity index (χ3v) is 5.03. The van der Waals surface area contributed by atoms with Gasteiger partial charge in [-0.2, -0.15) is 0 Å². The molecule has 6 heteroatoms. The number of hydrogen-bond donors (Lipinski definition) is 2. The lowest BCUT2D eigenvalue weighted by Gasteiger charge is -2.31. The van der Waals surface area contributed by atoms with E-state index in [1.54, 1.807) is 0 Å². The molecule has 0 aromatic heterocycles. The molecule has 4 nitrogen and oxygen atoms in total. The molecule has 0 aliphatic carbocycles. The number of halogens is 2. The maximum atomic E-state index is 12.2. The smallest absolute Gasteiger partial charge is 0.234 e. The van der Waals surface area contributed by atoms with Gasteiger partial charge in [0.2, 0.25) is 5.91 Å². The summed E-state index contributed by atoms with van der Waals surface area (Å²) in [5.74, 6) is 0.876. The number of hydrogen-bond acceptors (Lipinski definition) is 3. The Morgan fingerprint density at radius 1 is 1.29 bits per heavy atom. The van der Waals surface area contributed by atoms with Gasteiger partial charge in [0.1, 0.15) is 0 Å². The molecule has 1 aromatic rings. The molecule has 1 aromatic carbocycles. The fourth-order valence-electron chi connectivity index (χ4n) is 3.02.